The van der Waals surface area contributed by atoms with Crippen LogP contribution in [0.25, 0.3) is 0 Å². The van der Waals surface area contributed by atoms with Gasteiger partial charge in [-0.05, 0) is 25.1 Å². The van der Waals surface area contributed by atoms with Gasteiger partial charge < -0.3 is 9.73 Å². The molecular weight excluding hydrogens is 202 g/mol. The molecule has 5 heteroatoms. The van der Waals surface area contributed by atoms with E-state index in [0.29, 0.717) is 18.7 Å². The third-order valence-electron chi connectivity index (χ3n) is 2.45. The van der Waals surface area contributed by atoms with Crippen molar-refractivity contribution in [2.75, 3.05) is 13.1 Å². The van der Waals surface area contributed by atoms with Gasteiger partial charge in [-0.3, -0.25) is 0 Å². The molecule has 2 heterocycles. The van der Waals surface area contributed by atoms with Crippen LogP contribution in [0.2, 0.25) is 0 Å². The van der Waals surface area contributed by atoms with Gasteiger partial charge in [-0.1, -0.05) is 0 Å². The Balaban J connectivity index is 2.09. The third kappa shape index (κ3) is 1.99. The lowest BCUT2D eigenvalue weighted by Gasteiger charge is -2.08. The molecule has 1 aliphatic rings. The first-order valence-corrected chi connectivity index (χ1v) is 6.35. The van der Waals surface area contributed by atoms with Gasteiger partial charge in [0.2, 0.25) is 0 Å². The molecule has 2 rings (SSSR count). The molecule has 14 heavy (non-hydrogen) atoms. The summed E-state index contributed by atoms with van der Waals surface area (Å²) in [6, 6.07) is 3.40. The summed E-state index contributed by atoms with van der Waals surface area (Å²) < 4.78 is 28.6. The van der Waals surface area contributed by atoms with Gasteiger partial charge in [0.1, 0.15) is 11.5 Å². The van der Waals surface area contributed by atoms with Gasteiger partial charge in [0.25, 0.3) is 0 Å². The Bertz CT molecular complexity index is 376. The van der Waals surface area contributed by atoms with Crippen molar-refractivity contribution in [3.63, 3.8) is 0 Å². The Labute approximate surface area is 83.2 Å². The monoisotopic (exact) mass is 215 g/mol. The van der Waals surface area contributed by atoms with E-state index in [2.05, 4.69) is 5.32 Å². The second-order valence-electron chi connectivity index (χ2n) is 3.50. The van der Waals surface area contributed by atoms with Crippen molar-refractivity contribution in [2.45, 2.75) is 17.4 Å². The molecule has 78 valence electrons. The Morgan fingerprint density at radius 3 is 3.00 bits per heavy atom. The maximum atomic E-state index is 11.8. The Morgan fingerprint density at radius 2 is 2.43 bits per heavy atom. The lowest BCUT2D eigenvalue weighted by atomic mass is 10.4. The summed E-state index contributed by atoms with van der Waals surface area (Å²) in [6.45, 7) is 1.37. The standard InChI is InChI=1S/C9H13NO3S/c11-14(12,9-3-4-10-6-9)7-8-2-1-5-13-8/h1-2,5,9-10H,3-4,6-7H2/t9-/m0/s1. The number of hydrogen-bond donors (Lipinski definition) is 1. The second-order valence-corrected chi connectivity index (χ2v) is 5.78. The van der Waals surface area contributed by atoms with Crippen molar-refractivity contribution in [3.8, 4) is 0 Å². The molecule has 0 aromatic carbocycles. The molecule has 1 aliphatic heterocycles. The molecule has 0 unspecified atom stereocenters. The number of hydrogen-bond acceptors (Lipinski definition) is 4. The van der Waals surface area contributed by atoms with Crippen LogP contribution < -0.4 is 5.32 Å². The predicted octanol–water partition coefficient (Wildman–Crippen LogP) is 0.556. The zero-order chi connectivity index (χ0) is 10.0. The molecule has 0 aliphatic carbocycles. The molecule has 1 aromatic rings. The van der Waals surface area contributed by atoms with Crippen LogP contribution in [0.1, 0.15) is 12.2 Å². The van der Waals surface area contributed by atoms with E-state index in [4.69, 9.17) is 4.42 Å². The van der Waals surface area contributed by atoms with Gasteiger partial charge in [0, 0.05) is 6.54 Å². The molecule has 4 nitrogen and oxygen atoms in total. The van der Waals surface area contributed by atoms with Crippen molar-refractivity contribution in [1.82, 2.24) is 5.32 Å². The van der Waals surface area contributed by atoms with Crippen molar-refractivity contribution in [2.24, 2.45) is 0 Å². The number of nitrogens with one attached hydrogen (secondary N) is 1. The van der Waals surface area contributed by atoms with Crippen molar-refractivity contribution < 1.29 is 12.8 Å². The number of rotatable bonds is 3. The molecule has 1 aromatic heterocycles. The average Bonchev–Trinajstić information content (AvgIpc) is 2.71. The molecule has 1 N–H and O–H groups in total. The lowest BCUT2D eigenvalue weighted by molar-refractivity contribution is 0.518. The topological polar surface area (TPSA) is 59.3 Å². The molecular formula is C9H13NO3S. The van der Waals surface area contributed by atoms with E-state index >= 15 is 0 Å². The molecule has 0 saturated carbocycles. The van der Waals surface area contributed by atoms with Gasteiger partial charge >= 0.3 is 0 Å². The lowest BCUT2D eigenvalue weighted by Crippen LogP contribution is -2.25. The van der Waals surface area contributed by atoms with E-state index in [0.717, 1.165) is 6.54 Å². The fourth-order valence-corrected chi connectivity index (χ4v) is 3.29. The maximum Gasteiger partial charge on any atom is 0.161 e. The van der Waals surface area contributed by atoms with E-state index in [1.165, 1.54) is 6.26 Å². The first kappa shape index (κ1) is 9.73. The average molecular weight is 215 g/mol. The second kappa shape index (κ2) is 3.74. The zero-order valence-electron chi connectivity index (χ0n) is 7.77. The molecule has 1 fully saturated rings. The quantitative estimate of drug-likeness (QED) is 0.800. The first-order chi connectivity index (χ1) is 6.68. The minimum atomic E-state index is -3.04. The van der Waals surface area contributed by atoms with E-state index in [1.807, 2.05) is 0 Å². The summed E-state index contributed by atoms with van der Waals surface area (Å²) in [6.07, 6.45) is 2.21. The minimum Gasteiger partial charge on any atom is -0.468 e. The largest absolute Gasteiger partial charge is 0.468 e. The highest BCUT2D eigenvalue weighted by Gasteiger charge is 2.29. The summed E-state index contributed by atoms with van der Waals surface area (Å²) in [5.41, 5.74) is 0. The van der Waals surface area contributed by atoms with Crippen molar-refractivity contribution >= 4 is 9.84 Å². The SMILES string of the molecule is O=S(=O)(Cc1ccco1)[C@H]1CCNC1. The van der Waals surface area contributed by atoms with Crippen LogP contribution in [0.3, 0.4) is 0 Å². The fraction of sp³-hybridized carbons (Fsp3) is 0.556. The van der Waals surface area contributed by atoms with Crippen LogP contribution in [0, 0.1) is 0 Å². The van der Waals surface area contributed by atoms with Crippen LogP contribution in [-0.4, -0.2) is 26.8 Å². The van der Waals surface area contributed by atoms with E-state index in [9.17, 15) is 8.42 Å². The van der Waals surface area contributed by atoms with Crippen LogP contribution in [-0.2, 0) is 15.6 Å². The molecule has 0 bridgehead atoms. The highest BCUT2D eigenvalue weighted by molar-refractivity contribution is 7.91. The molecule has 0 spiro atoms. The summed E-state index contributed by atoms with van der Waals surface area (Å²) in [5, 5.41) is 2.81. The molecule has 0 amide bonds. The molecule has 1 saturated heterocycles. The van der Waals surface area contributed by atoms with Gasteiger partial charge in [0.05, 0.1) is 11.5 Å². The normalized spacial score (nSPS) is 22.7. The number of sulfone groups is 1. The summed E-state index contributed by atoms with van der Waals surface area (Å²) in [5.74, 6) is 0.545. The Hall–Kier alpha value is -0.810. The first-order valence-electron chi connectivity index (χ1n) is 4.63. The van der Waals surface area contributed by atoms with E-state index in [1.54, 1.807) is 12.1 Å². The highest BCUT2D eigenvalue weighted by Crippen LogP contribution is 2.16. The smallest absolute Gasteiger partial charge is 0.161 e. The van der Waals surface area contributed by atoms with Gasteiger partial charge in [-0.2, -0.15) is 0 Å². The van der Waals surface area contributed by atoms with Crippen LogP contribution in [0.15, 0.2) is 22.8 Å². The molecule has 1 atom stereocenters. The van der Waals surface area contributed by atoms with E-state index in [-0.39, 0.29) is 11.0 Å². The van der Waals surface area contributed by atoms with Crippen LogP contribution >= 0.6 is 0 Å². The van der Waals surface area contributed by atoms with Crippen molar-refractivity contribution in [1.29, 1.82) is 0 Å². The van der Waals surface area contributed by atoms with Crippen molar-refractivity contribution in [3.05, 3.63) is 24.2 Å². The Kier molecular flexibility index (Phi) is 2.60. The van der Waals surface area contributed by atoms with Crippen LogP contribution in [0.4, 0.5) is 0 Å². The molecule has 0 radical (unpaired) electrons. The number of furan rings is 1. The third-order valence-corrected chi connectivity index (χ3v) is 4.55. The van der Waals surface area contributed by atoms with Gasteiger partial charge in [-0.15, -0.1) is 0 Å². The minimum absolute atomic E-state index is 0.0202. The summed E-state index contributed by atoms with van der Waals surface area (Å²) in [7, 11) is -3.04. The van der Waals surface area contributed by atoms with E-state index < -0.39 is 9.84 Å². The summed E-state index contributed by atoms with van der Waals surface area (Å²) >= 11 is 0. The summed E-state index contributed by atoms with van der Waals surface area (Å²) in [4.78, 5) is 0. The van der Waals surface area contributed by atoms with Gasteiger partial charge in [0.15, 0.2) is 9.84 Å². The van der Waals surface area contributed by atoms with Crippen LogP contribution in [0.5, 0.6) is 0 Å². The fourth-order valence-electron chi connectivity index (χ4n) is 1.65. The highest BCUT2D eigenvalue weighted by atomic mass is 32.2. The maximum absolute atomic E-state index is 11.8. The Morgan fingerprint density at radius 1 is 1.57 bits per heavy atom. The van der Waals surface area contributed by atoms with Gasteiger partial charge in [-0.25, -0.2) is 8.42 Å². The zero-order valence-corrected chi connectivity index (χ0v) is 8.59. The predicted molar refractivity (Wildman–Crippen MR) is 52.6 cm³/mol.